The van der Waals surface area contributed by atoms with E-state index >= 15 is 0 Å². The number of rotatable bonds is 5. The van der Waals surface area contributed by atoms with Gasteiger partial charge in [-0.3, -0.25) is 14.9 Å². The van der Waals surface area contributed by atoms with Gasteiger partial charge in [0.05, 0.1) is 10.8 Å². The van der Waals surface area contributed by atoms with Gasteiger partial charge in [-0.2, -0.15) is 0 Å². The second kappa shape index (κ2) is 7.81. The number of carbonyl (C=O) groups is 1. The lowest BCUT2D eigenvalue weighted by atomic mass is 10.1. The average Bonchev–Trinajstić information content (AvgIpc) is 2.93. The van der Waals surface area contributed by atoms with Crippen LogP contribution in [0.15, 0.2) is 24.3 Å². The van der Waals surface area contributed by atoms with E-state index in [0.717, 1.165) is 19.5 Å². The third-order valence-electron chi connectivity index (χ3n) is 3.31. The maximum absolute atomic E-state index is 11.8. The van der Waals surface area contributed by atoms with Gasteiger partial charge in [0.15, 0.2) is 0 Å². The van der Waals surface area contributed by atoms with Crippen LogP contribution in [0.5, 0.6) is 0 Å². The van der Waals surface area contributed by atoms with Gasteiger partial charge in [-0.15, -0.1) is 12.4 Å². The molecule has 0 radical (unpaired) electrons. The Kier molecular flexibility index (Phi) is 6.41. The molecular formula is C13H18ClN3O3. The lowest BCUT2D eigenvalue weighted by molar-refractivity contribution is -0.385. The topological polar surface area (TPSA) is 84.3 Å². The first-order valence-corrected chi connectivity index (χ1v) is 6.39. The molecule has 1 saturated heterocycles. The van der Waals surface area contributed by atoms with Crippen molar-refractivity contribution in [2.24, 2.45) is 5.92 Å². The number of para-hydroxylation sites is 1. The molecule has 2 N–H and O–H groups in total. The van der Waals surface area contributed by atoms with Gasteiger partial charge in [0, 0.05) is 24.7 Å². The van der Waals surface area contributed by atoms with Gasteiger partial charge >= 0.3 is 0 Å². The van der Waals surface area contributed by atoms with Gasteiger partial charge in [0.2, 0.25) is 5.91 Å². The third-order valence-corrected chi connectivity index (χ3v) is 3.31. The van der Waals surface area contributed by atoms with E-state index in [4.69, 9.17) is 0 Å². The van der Waals surface area contributed by atoms with E-state index in [2.05, 4.69) is 10.6 Å². The number of halogens is 1. The number of hydrogen-bond donors (Lipinski definition) is 2. The van der Waals surface area contributed by atoms with Crippen LogP contribution in [-0.2, 0) is 11.2 Å². The highest BCUT2D eigenvalue weighted by Crippen LogP contribution is 2.17. The molecule has 1 aromatic rings. The minimum absolute atomic E-state index is 0. The van der Waals surface area contributed by atoms with Crippen LogP contribution in [0.2, 0.25) is 0 Å². The second-order valence-corrected chi connectivity index (χ2v) is 4.62. The van der Waals surface area contributed by atoms with Gasteiger partial charge in [0.1, 0.15) is 0 Å². The van der Waals surface area contributed by atoms with Crippen LogP contribution >= 0.6 is 12.4 Å². The molecule has 1 unspecified atom stereocenters. The molecule has 0 saturated carbocycles. The van der Waals surface area contributed by atoms with Crippen molar-refractivity contribution in [1.82, 2.24) is 10.6 Å². The molecule has 1 fully saturated rings. The van der Waals surface area contributed by atoms with Crippen molar-refractivity contribution in [3.8, 4) is 0 Å². The molecule has 0 spiro atoms. The zero-order chi connectivity index (χ0) is 13.7. The van der Waals surface area contributed by atoms with E-state index in [1.807, 2.05) is 0 Å². The number of hydrogen-bond acceptors (Lipinski definition) is 4. The van der Waals surface area contributed by atoms with Crippen molar-refractivity contribution >= 4 is 24.0 Å². The molecular weight excluding hydrogens is 282 g/mol. The Hall–Kier alpha value is -1.66. The first-order chi connectivity index (χ1) is 9.18. The minimum Gasteiger partial charge on any atom is -0.355 e. The van der Waals surface area contributed by atoms with E-state index in [9.17, 15) is 14.9 Å². The Labute approximate surface area is 123 Å². The van der Waals surface area contributed by atoms with Gasteiger partial charge in [-0.1, -0.05) is 18.2 Å². The molecule has 1 atom stereocenters. The van der Waals surface area contributed by atoms with Crippen molar-refractivity contribution < 1.29 is 9.72 Å². The van der Waals surface area contributed by atoms with Crippen molar-refractivity contribution in [3.05, 3.63) is 39.9 Å². The molecule has 6 nitrogen and oxygen atoms in total. The minimum atomic E-state index is -0.391. The molecule has 1 heterocycles. The predicted octanol–water partition coefficient (Wildman–Crippen LogP) is 1.28. The number of carbonyl (C=O) groups excluding carboxylic acids is 1. The van der Waals surface area contributed by atoms with E-state index < -0.39 is 4.92 Å². The molecule has 1 aromatic carbocycles. The number of nitro benzene ring substituents is 1. The number of nitrogens with one attached hydrogen (secondary N) is 2. The molecule has 1 aliphatic heterocycles. The van der Waals surface area contributed by atoms with E-state index in [1.54, 1.807) is 18.2 Å². The molecule has 110 valence electrons. The fourth-order valence-corrected chi connectivity index (χ4v) is 2.24. The van der Waals surface area contributed by atoms with Gasteiger partial charge in [-0.05, 0) is 19.4 Å². The first kappa shape index (κ1) is 16.4. The number of amides is 1. The van der Waals surface area contributed by atoms with Crippen molar-refractivity contribution in [1.29, 1.82) is 0 Å². The van der Waals surface area contributed by atoms with Gasteiger partial charge < -0.3 is 10.6 Å². The summed E-state index contributed by atoms with van der Waals surface area (Å²) < 4.78 is 0. The van der Waals surface area contributed by atoms with Crippen molar-refractivity contribution in [3.63, 3.8) is 0 Å². The van der Waals surface area contributed by atoms with E-state index in [-0.39, 0.29) is 29.9 Å². The van der Waals surface area contributed by atoms with E-state index in [0.29, 0.717) is 18.5 Å². The molecule has 1 aliphatic rings. The summed E-state index contributed by atoms with van der Waals surface area (Å²) in [5.74, 6) is 0.0642. The molecule has 0 aromatic heterocycles. The second-order valence-electron chi connectivity index (χ2n) is 4.62. The average molecular weight is 300 g/mol. The fraction of sp³-hybridized carbons (Fsp3) is 0.462. The first-order valence-electron chi connectivity index (χ1n) is 6.39. The summed E-state index contributed by atoms with van der Waals surface area (Å²) >= 11 is 0. The fourth-order valence-electron chi connectivity index (χ4n) is 2.24. The largest absolute Gasteiger partial charge is 0.355 e. The van der Waals surface area contributed by atoms with Gasteiger partial charge in [-0.25, -0.2) is 0 Å². The summed E-state index contributed by atoms with van der Waals surface area (Å²) in [4.78, 5) is 22.2. The Balaban J connectivity index is 0.00000200. The summed E-state index contributed by atoms with van der Waals surface area (Å²) in [5.41, 5.74) is 0.761. The summed E-state index contributed by atoms with van der Waals surface area (Å²) in [6, 6.07) is 6.62. The van der Waals surface area contributed by atoms with Crippen LogP contribution in [0.3, 0.4) is 0 Å². The standard InChI is InChI=1S/C13H17N3O3.ClH/c17-13(11-5-7-14-9-11)15-8-6-10-3-1-2-4-12(10)16(18)19;/h1-4,11,14H,5-9H2,(H,15,17);1H. The third kappa shape index (κ3) is 4.18. The molecule has 0 aliphatic carbocycles. The molecule has 2 rings (SSSR count). The smallest absolute Gasteiger partial charge is 0.272 e. The van der Waals surface area contributed by atoms with Crippen LogP contribution in [0.4, 0.5) is 5.69 Å². The summed E-state index contributed by atoms with van der Waals surface area (Å²) in [5, 5.41) is 16.8. The molecule has 7 heteroatoms. The summed E-state index contributed by atoms with van der Waals surface area (Å²) in [7, 11) is 0. The zero-order valence-electron chi connectivity index (χ0n) is 11.0. The number of benzene rings is 1. The Morgan fingerprint density at radius 3 is 2.85 bits per heavy atom. The number of nitro groups is 1. The van der Waals surface area contributed by atoms with Crippen molar-refractivity contribution in [2.45, 2.75) is 12.8 Å². The monoisotopic (exact) mass is 299 g/mol. The molecule has 0 bridgehead atoms. The summed E-state index contributed by atoms with van der Waals surface area (Å²) in [6.07, 6.45) is 1.33. The quantitative estimate of drug-likeness (QED) is 0.634. The van der Waals surface area contributed by atoms with Crippen LogP contribution in [0, 0.1) is 16.0 Å². The Morgan fingerprint density at radius 2 is 2.20 bits per heavy atom. The lowest BCUT2D eigenvalue weighted by Gasteiger charge is -2.09. The van der Waals surface area contributed by atoms with Crippen LogP contribution in [0.25, 0.3) is 0 Å². The van der Waals surface area contributed by atoms with Crippen molar-refractivity contribution in [2.75, 3.05) is 19.6 Å². The highest BCUT2D eigenvalue weighted by molar-refractivity contribution is 5.85. The SMILES string of the molecule is Cl.O=C(NCCc1ccccc1[N+](=O)[O-])C1CCNC1. The number of nitrogens with zero attached hydrogens (tertiary/aromatic N) is 1. The zero-order valence-corrected chi connectivity index (χ0v) is 11.8. The molecule has 1 amide bonds. The van der Waals surface area contributed by atoms with Crippen LogP contribution in [0.1, 0.15) is 12.0 Å². The van der Waals surface area contributed by atoms with Crippen LogP contribution in [-0.4, -0.2) is 30.5 Å². The maximum atomic E-state index is 11.8. The Morgan fingerprint density at radius 1 is 1.45 bits per heavy atom. The van der Waals surface area contributed by atoms with Crippen LogP contribution < -0.4 is 10.6 Å². The molecule has 20 heavy (non-hydrogen) atoms. The Bertz CT molecular complexity index is 476. The predicted molar refractivity (Wildman–Crippen MR) is 78.0 cm³/mol. The lowest BCUT2D eigenvalue weighted by Crippen LogP contribution is -2.33. The van der Waals surface area contributed by atoms with E-state index in [1.165, 1.54) is 6.07 Å². The normalized spacial score (nSPS) is 17.3. The summed E-state index contributed by atoms with van der Waals surface area (Å²) in [6.45, 7) is 2.03. The highest BCUT2D eigenvalue weighted by atomic mass is 35.5. The highest BCUT2D eigenvalue weighted by Gasteiger charge is 2.22. The maximum Gasteiger partial charge on any atom is 0.272 e. The van der Waals surface area contributed by atoms with Gasteiger partial charge in [0.25, 0.3) is 5.69 Å².